The Labute approximate surface area is 108 Å². The summed E-state index contributed by atoms with van der Waals surface area (Å²) in [4.78, 5) is 15.1. The molecule has 0 saturated heterocycles. The van der Waals surface area contributed by atoms with Gasteiger partial charge in [-0.3, -0.25) is 15.1 Å². The van der Waals surface area contributed by atoms with Gasteiger partial charge in [0.05, 0.1) is 4.92 Å². The van der Waals surface area contributed by atoms with Gasteiger partial charge in [-0.25, -0.2) is 0 Å². The molecule has 100 valence electrons. The number of hydrogen-bond donors (Lipinski definition) is 1. The van der Waals surface area contributed by atoms with Crippen LogP contribution in [-0.4, -0.2) is 22.5 Å². The van der Waals surface area contributed by atoms with Gasteiger partial charge in [0.15, 0.2) is 0 Å². The van der Waals surface area contributed by atoms with Gasteiger partial charge >= 0.3 is 0 Å². The maximum absolute atomic E-state index is 11.1. The zero-order valence-electron chi connectivity index (χ0n) is 11.4. The zero-order valence-corrected chi connectivity index (χ0v) is 11.4. The monoisotopic (exact) mass is 251 g/mol. The van der Waals surface area contributed by atoms with Gasteiger partial charge in [-0.2, -0.15) is 0 Å². The third kappa shape index (κ3) is 3.26. The van der Waals surface area contributed by atoms with Gasteiger partial charge in [-0.15, -0.1) is 0 Å². The summed E-state index contributed by atoms with van der Waals surface area (Å²) in [5, 5.41) is 14.4. The highest BCUT2D eigenvalue weighted by Crippen LogP contribution is 2.28. The van der Waals surface area contributed by atoms with Crippen molar-refractivity contribution in [2.24, 2.45) is 0 Å². The van der Waals surface area contributed by atoms with Gasteiger partial charge in [-0.05, 0) is 26.0 Å². The molecule has 2 unspecified atom stereocenters. The van der Waals surface area contributed by atoms with Crippen LogP contribution in [0.1, 0.15) is 44.5 Å². The molecule has 2 atom stereocenters. The van der Waals surface area contributed by atoms with Gasteiger partial charge in [-0.1, -0.05) is 20.8 Å². The second kappa shape index (κ2) is 6.44. The van der Waals surface area contributed by atoms with E-state index >= 15 is 0 Å². The van der Waals surface area contributed by atoms with E-state index in [1.165, 1.54) is 0 Å². The number of hydrogen-bond acceptors (Lipinski definition) is 4. The molecule has 5 heteroatoms. The Morgan fingerprint density at radius 1 is 1.44 bits per heavy atom. The number of aromatic nitrogens is 1. The first-order valence-corrected chi connectivity index (χ1v) is 6.36. The van der Waals surface area contributed by atoms with Gasteiger partial charge in [0, 0.05) is 23.7 Å². The summed E-state index contributed by atoms with van der Waals surface area (Å²) < 4.78 is 0. The highest BCUT2D eigenvalue weighted by molar-refractivity contribution is 5.39. The van der Waals surface area contributed by atoms with Crippen LogP contribution in [-0.2, 0) is 0 Å². The average Bonchev–Trinajstić information content (AvgIpc) is 2.34. The number of nitrogens with zero attached hydrogens (tertiary/aromatic N) is 2. The first kappa shape index (κ1) is 14.6. The van der Waals surface area contributed by atoms with Gasteiger partial charge in [0.2, 0.25) is 0 Å². The van der Waals surface area contributed by atoms with Crippen molar-refractivity contribution >= 4 is 5.69 Å². The van der Waals surface area contributed by atoms with Crippen LogP contribution in [0.4, 0.5) is 5.69 Å². The van der Waals surface area contributed by atoms with E-state index in [4.69, 9.17) is 0 Å². The van der Waals surface area contributed by atoms with E-state index in [0.717, 1.165) is 18.7 Å². The van der Waals surface area contributed by atoms with E-state index in [2.05, 4.69) is 17.2 Å². The van der Waals surface area contributed by atoms with Crippen molar-refractivity contribution < 1.29 is 4.92 Å². The largest absolute Gasteiger partial charge is 0.314 e. The molecule has 0 aliphatic carbocycles. The molecule has 0 aromatic carbocycles. The van der Waals surface area contributed by atoms with Gasteiger partial charge < -0.3 is 5.32 Å². The van der Waals surface area contributed by atoms with E-state index in [1.54, 1.807) is 12.1 Å². The fourth-order valence-electron chi connectivity index (χ4n) is 2.19. The quantitative estimate of drug-likeness (QED) is 0.623. The third-order valence-electron chi connectivity index (χ3n) is 3.18. The molecule has 5 nitrogen and oxygen atoms in total. The number of pyridine rings is 1. The van der Waals surface area contributed by atoms with E-state index in [-0.39, 0.29) is 22.6 Å². The summed E-state index contributed by atoms with van der Waals surface area (Å²) in [6.45, 7) is 8.81. The minimum absolute atomic E-state index is 0.0234. The Morgan fingerprint density at radius 2 is 2.11 bits per heavy atom. The lowest BCUT2D eigenvalue weighted by Crippen LogP contribution is -2.33. The van der Waals surface area contributed by atoms with Crippen LogP contribution in [0.2, 0.25) is 0 Å². The smallest absolute Gasteiger partial charge is 0.291 e. The molecule has 0 amide bonds. The second-order valence-electron chi connectivity index (χ2n) is 4.48. The molecule has 0 aliphatic rings. The standard InChI is InChI=1S/C13H21N3O2/c1-5-11(14-6-2)10(4)13-12(16(17)18)8-7-9(3)15-13/h7-8,10-11,14H,5-6H2,1-4H3. The number of rotatable bonds is 6. The number of likely N-dealkylation sites (N-methyl/N-ethyl adjacent to an activating group) is 1. The van der Waals surface area contributed by atoms with Gasteiger partial charge in [0.1, 0.15) is 5.69 Å². The van der Waals surface area contributed by atoms with Crippen LogP contribution in [0, 0.1) is 17.0 Å². The summed E-state index contributed by atoms with van der Waals surface area (Å²) >= 11 is 0. The molecule has 1 N–H and O–H groups in total. The van der Waals surface area contributed by atoms with Crippen LogP contribution in [0.25, 0.3) is 0 Å². The number of nitro groups is 1. The summed E-state index contributed by atoms with van der Waals surface area (Å²) in [7, 11) is 0. The maximum Gasteiger partial charge on any atom is 0.291 e. The lowest BCUT2D eigenvalue weighted by Gasteiger charge is -2.23. The minimum atomic E-state index is -0.350. The zero-order chi connectivity index (χ0) is 13.7. The van der Waals surface area contributed by atoms with Crippen LogP contribution in [0.15, 0.2) is 12.1 Å². The molecule has 1 heterocycles. The average molecular weight is 251 g/mol. The highest BCUT2D eigenvalue weighted by atomic mass is 16.6. The highest BCUT2D eigenvalue weighted by Gasteiger charge is 2.25. The first-order chi connectivity index (χ1) is 8.51. The summed E-state index contributed by atoms with van der Waals surface area (Å²) in [5.74, 6) is 0.0234. The van der Waals surface area contributed by atoms with Crippen LogP contribution >= 0.6 is 0 Å². The first-order valence-electron chi connectivity index (χ1n) is 6.36. The third-order valence-corrected chi connectivity index (χ3v) is 3.18. The molecule has 0 spiro atoms. The normalized spacial score (nSPS) is 14.2. The maximum atomic E-state index is 11.1. The predicted octanol–water partition coefficient (Wildman–Crippen LogP) is 2.79. The molecule has 1 aromatic heterocycles. The molecule has 1 rings (SSSR count). The topological polar surface area (TPSA) is 68.1 Å². The fourth-order valence-corrected chi connectivity index (χ4v) is 2.19. The molecule has 0 aliphatic heterocycles. The molecule has 1 aromatic rings. The predicted molar refractivity (Wildman–Crippen MR) is 71.8 cm³/mol. The Kier molecular flexibility index (Phi) is 5.22. The minimum Gasteiger partial charge on any atom is -0.314 e. The molecule has 18 heavy (non-hydrogen) atoms. The Bertz CT molecular complexity index is 421. The van der Waals surface area contributed by atoms with Crippen molar-refractivity contribution in [3.05, 3.63) is 33.6 Å². The molecular formula is C13H21N3O2. The lowest BCUT2D eigenvalue weighted by molar-refractivity contribution is -0.386. The van der Waals surface area contributed by atoms with E-state index in [0.29, 0.717) is 5.69 Å². The summed E-state index contributed by atoms with van der Waals surface area (Å²) in [6, 6.07) is 3.44. The SMILES string of the molecule is CCNC(CC)C(C)c1nc(C)ccc1[N+](=O)[O-]. The molecular weight excluding hydrogens is 230 g/mol. The van der Waals surface area contributed by atoms with Crippen molar-refractivity contribution in [1.29, 1.82) is 0 Å². The Hall–Kier alpha value is -1.49. The van der Waals surface area contributed by atoms with E-state index in [9.17, 15) is 10.1 Å². The molecule has 0 radical (unpaired) electrons. The van der Waals surface area contributed by atoms with Crippen LogP contribution < -0.4 is 5.32 Å². The fraction of sp³-hybridized carbons (Fsp3) is 0.615. The van der Waals surface area contributed by atoms with Crippen molar-refractivity contribution in [2.45, 2.75) is 46.1 Å². The molecule has 0 fully saturated rings. The van der Waals surface area contributed by atoms with Crippen LogP contribution in [0.5, 0.6) is 0 Å². The summed E-state index contributed by atoms with van der Waals surface area (Å²) in [5.41, 5.74) is 1.51. The number of aryl methyl sites for hydroxylation is 1. The van der Waals surface area contributed by atoms with E-state index < -0.39 is 0 Å². The molecule has 0 bridgehead atoms. The number of nitrogens with one attached hydrogen (secondary N) is 1. The lowest BCUT2D eigenvalue weighted by atomic mass is 9.94. The van der Waals surface area contributed by atoms with Crippen molar-refractivity contribution in [3.8, 4) is 0 Å². The van der Waals surface area contributed by atoms with E-state index in [1.807, 2.05) is 20.8 Å². The van der Waals surface area contributed by atoms with Crippen molar-refractivity contribution in [1.82, 2.24) is 10.3 Å². The Balaban J connectivity index is 3.13. The van der Waals surface area contributed by atoms with Gasteiger partial charge in [0.25, 0.3) is 5.69 Å². The molecule has 0 saturated carbocycles. The van der Waals surface area contributed by atoms with Crippen molar-refractivity contribution in [2.75, 3.05) is 6.54 Å². The summed E-state index contributed by atoms with van der Waals surface area (Å²) in [6.07, 6.45) is 0.918. The van der Waals surface area contributed by atoms with Crippen molar-refractivity contribution in [3.63, 3.8) is 0 Å². The van der Waals surface area contributed by atoms with Crippen LogP contribution in [0.3, 0.4) is 0 Å². The Morgan fingerprint density at radius 3 is 2.61 bits per heavy atom. The second-order valence-corrected chi connectivity index (χ2v) is 4.48.